The molecular weight excluding hydrogens is 290 g/mol. The van der Waals surface area contributed by atoms with E-state index in [0.717, 1.165) is 21.8 Å². The lowest BCUT2D eigenvalue weighted by Crippen LogP contribution is -2.06. The van der Waals surface area contributed by atoms with Crippen LogP contribution in [0.2, 0.25) is 0 Å². The summed E-state index contributed by atoms with van der Waals surface area (Å²) in [6.45, 7) is 8.49. The van der Waals surface area contributed by atoms with Crippen LogP contribution in [0.25, 0.3) is 5.69 Å². The summed E-state index contributed by atoms with van der Waals surface area (Å²) in [5.74, 6) is 0.841. The summed E-state index contributed by atoms with van der Waals surface area (Å²) in [5, 5.41) is 3.25. The fourth-order valence-electron chi connectivity index (χ4n) is 1.83. The molecule has 1 heterocycles. The summed E-state index contributed by atoms with van der Waals surface area (Å²) in [6, 6.07) is 6.15. The Morgan fingerprint density at radius 3 is 2.94 bits per heavy atom. The molecule has 1 aromatic heterocycles. The molecule has 1 N–H and O–H groups in total. The Morgan fingerprint density at radius 2 is 2.22 bits per heavy atom. The van der Waals surface area contributed by atoms with E-state index in [1.54, 1.807) is 0 Å². The Balaban J connectivity index is 2.49. The van der Waals surface area contributed by atoms with Crippen LogP contribution < -0.4 is 5.32 Å². The van der Waals surface area contributed by atoms with Gasteiger partial charge < -0.3 is 5.32 Å². The second kappa shape index (κ2) is 5.40. The highest BCUT2D eigenvalue weighted by Gasteiger charge is 2.10. The van der Waals surface area contributed by atoms with Crippen molar-refractivity contribution < 1.29 is 0 Å². The molecule has 0 bridgehead atoms. The maximum Gasteiger partial charge on any atom is 0.207 e. The van der Waals surface area contributed by atoms with Crippen molar-refractivity contribution in [2.75, 3.05) is 11.9 Å². The topological polar surface area (TPSA) is 29.9 Å². The summed E-state index contributed by atoms with van der Waals surface area (Å²) < 4.78 is 3.17. The minimum absolute atomic E-state index is 0.698. The highest BCUT2D eigenvalue weighted by atomic mass is 79.9. The second-order valence-electron chi connectivity index (χ2n) is 4.13. The molecule has 0 saturated carbocycles. The van der Waals surface area contributed by atoms with E-state index >= 15 is 0 Å². The fraction of sp³-hybridized carbons (Fsp3) is 0.214. The number of nitrogens with one attached hydrogen (secondary N) is 1. The number of anilines is 1. The minimum atomic E-state index is 0.698. The van der Waals surface area contributed by atoms with Gasteiger partial charge in [0.15, 0.2) is 0 Å². The van der Waals surface area contributed by atoms with Gasteiger partial charge >= 0.3 is 0 Å². The number of imidazole rings is 1. The zero-order valence-electron chi connectivity index (χ0n) is 10.6. The van der Waals surface area contributed by atoms with Gasteiger partial charge in [0.05, 0.1) is 11.4 Å². The standard InChI is InChI=1S/C14H16BrN3/c1-4-8-16-14-17-10(2)9-18(14)13-7-5-6-12(15)11(13)3/h4-7,9H,1,8H2,2-3H3,(H,16,17). The molecule has 0 radical (unpaired) electrons. The lowest BCUT2D eigenvalue weighted by atomic mass is 10.2. The third-order valence-electron chi connectivity index (χ3n) is 2.73. The smallest absolute Gasteiger partial charge is 0.207 e. The molecule has 94 valence electrons. The predicted molar refractivity (Wildman–Crippen MR) is 79.4 cm³/mol. The maximum absolute atomic E-state index is 4.48. The lowest BCUT2D eigenvalue weighted by Gasteiger charge is -2.12. The first-order chi connectivity index (χ1) is 8.63. The van der Waals surface area contributed by atoms with Gasteiger partial charge in [-0.1, -0.05) is 28.1 Å². The number of rotatable bonds is 4. The largest absolute Gasteiger partial charge is 0.352 e. The highest BCUT2D eigenvalue weighted by Crippen LogP contribution is 2.25. The van der Waals surface area contributed by atoms with E-state index < -0.39 is 0 Å². The number of aromatic nitrogens is 2. The molecule has 4 heteroatoms. The van der Waals surface area contributed by atoms with Crippen LogP contribution in [0.5, 0.6) is 0 Å². The molecule has 0 amide bonds. The number of benzene rings is 1. The second-order valence-corrected chi connectivity index (χ2v) is 4.98. The molecule has 18 heavy (non-hydrogen) atoms. The third kappa shape index (κ3) is 2.48. The third-order valence-corrected chi connectivity index (χ3v) is 3.59. The van der Waals surface area contributed by atoms with Crippen LogP contribution in [-0.2, 0) is 0 Å². The van der Waals surface area contributed by atoms with Gasteiger partial charge in [-0.05, 0) is 31.5 Å². The van der Waals surface area contributed by atoms with Gasteiger partial charge in [-0.3, -0.25) is 4.57 Å². The summed E-state index contributed by atoms with van der Waals surface area (Å²) in [7, 11) is 0. The first-order valence-corrected chi connectivity index (χ1v) is 6.59. The van der Waals surface area contributed by atoms with Gasteiger partial charge in [0.1, 0.15) is 0 Å². The van der Waals surface area contributed by atoms with E-state index in [0.29, 0.717) is 6.54 Å². The van der Waals surface area contributed by atoms with Crippen molar-refractivity contribution in [3.63, 3.8) is 0 Å². The van der Waals surface area contributed by atoms with Crippen molar-refractivity contribution in [1.82, 2.24) is 9.55 Å². The van der Waals surface area contributed by atoms with Crippen LogP contribution in [0.3, 0.4) is 0 Å². The quantitative estimate of drug-likeness (QED) is 0.870. The number of aryl methyl sites for hydroxylation is 1. The van der Waals surface area contributed by atoms with E-state index in [4.69, 9.17) is 0 Å². The van der Waals surface area contributed by atoms with Crippen molar-refractivity contribution in [3.05, 3.63) is 52.8 Å². The van der Waals surface area contributed by atoms with Gasteiger partial charge in [-0.2, -0.15) is 0 Å². The molecular formula is C14H16BrN3. The molecule has 0 aliphatic heterocycles. The van der Waals surface area contributed by atoms with Crippen LogP contribution in [-0.4, -0.2) is 16.1 Å². The predicted octanol–water partition coefficient (Wildman–Crippen LogP) is 3.85. The Bertz CT molecular complexity index is 572. The summed E-state index contributed by atoms with van der Waals surface area (Å²) in [4.78, 5) is 4.48. The molecule has 2 rings (SSSR count). The maximum atomic E-state index is 4.48. The zero-order valence-corrected chi connectivity index (χ0v) is 12.2. The molecule has 0 atom stereocenters. The molecule has 0 aliphatic rings. The van der Waals surface area contributed by atoms with Gasteiger partial charge in [0.2, 0.25) is 5.95 Å². The van der Waals surface area contributed by atoms with Crippen molar-refractivity contribution in [3.8, 4) is 5.69 Å². The van der Waals surface area contributed by atoms with Crippen molar-refractivity contribution in [1.29, 1.82) is 0 Å². The van der Waals surface area contributed by atoms with E-state index in [9.17, 15) is 0 Å². The Labute approximate surface area is 116 Å². The van der Waals surface area contributed by atoms with E-state index in [2.05, 4.69) is 50.4 Å². The summed E-state index contributed by atoms with van der Waals surface area (Å²) >= 11 is 3.56. The molecule has 2 aromatic rings. The Hall–Kier alpha value is -1.55. The highest BCUT2D eigenvalue weighted by molar-refractivity contribution is 9.10. The Kier molecular flexibility index (Phi) is 3.87. The van der Waals surface area contributed by atoms with Gasteiger partial charge in [-0.15, -0.1) is 6.58 Å². The molecule has 0 aliphatic carbocycles. The van der Waals surface area contributed by atoms with Crippen LogP contribution in [0.4, 0.5) is 5.95 Å². The molecule has 0 unspecified atom stereocenters. The summed E-state index contributed by atoms with van der Waals surface area (Å²) in [6.07, 6.45) is 3.85. The zero-order chi connectivity index (χ0) is 13.1. The fourth-order valence-corrected chi connectivity index (χ4v) is 2.18. The normalized spacial score (nSPS) is 10.4. The first-order valence-electron chi connectivity index (χ1n) is 5.79. The van der Waals surface area contributed by atoms with E-state index in [-0.39, 0.29) is 0 Å². The number of hydrogen-bond acceptors (Lipinski definition) is 2. The number of hydrogen-bond donors (Lipinski definition) is 1. The van der Waals surface area contributed by atoms with Gasteiger partial charge in [0, 0.05) is 17.2 Å². The van der Waals surface area contributed by atoms with Crippen molar-refractivity contribution >= 4 is 21.9 Å². The van der Waals surface area contributed by atoms with Crippen LogP contribution in [0, 0.1) is 13.8 Å². The van der Waals surface area contributed by atoms with Crippen LogP contribution in [0.1, 0.15) is 11.3 Å². The van der Waals surface area contributed by atoms with Crippen LogP contribution >= 0.6 is 15.9 Å². The average Bonchev–Trinajstić information content (AvgIpc) is 2.71. The monoisotopic (exact) mass is 305 g/mol. The molecule has 0 spiro atoms. The molecule has 0 fully saturated rings. The Morgan fingerprint density at radius 1 is 1.44 bits per heavy atom. The summed E-state index contributed by atoms with van der Waals surface area (Å²) in [5.41, 5.74) is 3.30. The number of halogens is 1. The number of nitrogens with zero attached hydrogens (tertiary/aromatic N) is 2. The lowest BCUT2D eigenvalue weighted by molar-refractivity contribution is 1.02. The van der Waals surface area contributed by atoms with Crippen molar-refractivity contribution in [2.45, 2.75) is 13.8 Å². The van der Waals surface area contributed by atoms with Crippen LogP contribution in [0.15, 0.2) is 41.5 Å². The van der Waals surface area contributed by atoms with E-state index in [1.165, 1.54) is 5.56 Å². The molecule has 0 saturated heterocycles. The van der Waals surface area contributed by atoms with Gasteiger partial charge in [-0.25, -0.2) is 4.98 Å². The average molecular weight is 306 g/mol. The van der Waals surface area contributed by atoms with E-state index in [1.807, 2.05) is 31.3 Å². The SMILES string of the molecule is C=CCNc1nc(C)cn1-c1cccc(Br)c1C. The molecule has 1 aromatic carbocycles. The first kappa shape index (κ1) is 12.9. The minimum Gasteiger partial charge on any atom is -0.352 e. The molecule has 3 nitrogen and oxygen atoms in total. The van der Waals surface area contributed by atoms with Gasteiger partial charge in [0.25, 0.3) is 0 Å². The van der Waals surface area contributed by atoms with Crippen molar-refractivity contribution in [2.24, 2.45) is 0 Å².